The van der Waals surface area contributed by atoms with E-state index in [4.69, 9.17) is 27.6 Å². The van der Waals surface area contributed by atoms with Gasteiger partial charge in [0.1, 0.15) is 6.04 Å². The van der Waals surface area contributed by atoms with Crippen molar-refractivity contribution in [3.8, 4) is 0 Å². The summed E-state index contributed by atoms with van der Waals surface area (Å²) in [4.78, 5) is 27.1. The highest BCUT2D eigenvalue weighted by atomic mass is 35.5. The van der Waals surface area contributed by atoms with E-state index in [1.54, 1.807) is 49.5 Å². The van der Waals surface area contributed by atoms with Gasteiger partial charge in [-0.2, -0.15) is 0 Å². The Balaban J connectivity index is 1.81. The molecule has 3 aromatic rings. The van der Waals surface area contributed by atoms with Gasteiger partial charge in [0.05, 0.1) is 16.3 Å². The molecular formula is C21H18Cl2N2O3. The van der Waals surface area contributed by atoms with Crippen LogP contribution in [0.25, 0.3) is 0 Å². The van der Waals surface area contributed by atoms with Crippen LogP contribution in [0.2, 0.25) is 10.0 Å². The minimum absolute atomic E-state index is 0.140. The molecule has 0 bridgehead atoms. The highest BCUT2D eigenvalue weighted by Gasteiger charge is 2.27. The van der Waals surface area contributed by atoms with Gasteiger partial charge in [0.2, 0.25) is 5.91 Å². The van der Waals surface area contributed by atoms with E-state index >= 15 is 0 Å². The molecule has 0 aliphatic rings. The first-order chi connectivity index (χ1) is 13.5. The number of hydrogen-bond donors (Lipinski definition) is 1. The summed E-state index contributed by atoms with van der Waals surface area (Å²) in [6.45, 7) is 0.315. The Labute approximate surface area is 172 Å². The number of halogens is 2. The van der Waals surface area contributed by atoms with Crippen LogP contribution in [0.4, 0.5) is 0 Å². The second kappa shape index (κ2) is 8.95. The Kier molecular flexibility index (Phi) is 6.39. The van der Waals surface area contributed by atoms with Crippen LogP contribution in [0.1, 0.15) is 27.7 Å². The third-order valence-electron chi connectivity index (χ3n) is 4.18. The summed E-state index contributed by atoms with van der Waals surface area (Å²) in [5.41, 5.74) is 1.50. The maximum Gasteiger partial charge on any atom is 0.287 e. The second-order valence-electron chi connectivity index (χ2n) is 6.24. The molecule has 0 aliphatic carbocycles. The molecule has 2 aromatic carbocycles. The lowest BCUT2D eigenvalue weighted by Crippen LogP contribution is -2.41. The summed E-state index contributed by atoms with van der Waals surface area (Å²) in [6.07, 6.45) is 1.41. The van der Waals surface area contributed by atoms with Gasteiger partial charge in [-0.3, -0.25) is 9.59 Å². The van der Waals surface area contributed by atoms with Crippen molar-refractivity contribution in [1.82, 2.24) is 10.2 Å². The number of carbonyl (C=O) groups is 2. The van der Waals surface area contributed by atoms with Gasteiger partial charge in [0.25, 0.3) is 5.91 Å². The largest absolute Gasteiger partial charge is 0.459 e. The van der Waals surface area contributed by atoms with Gasteiger partial charge < -0.3 is 14.6 Å². The maximum atomic E-state index is 13.1. The van der Waals surface area contributed by atoms with Gasteiger partial charge in [0, 0.05) is 13.6 Å². The topological polar surface area (TPSA) is 62.6 Å². The van der Waals surface area contributed by atoms with Crippen LogP contribution in [0.5, 0.6) is 0 Å². The average Bonchev–Trinajstić information content (AvgIpc) is 3.24. The van der Waals surface area contributed by atoms with E-state index in [1.165, 1.54) is 11.2 Å². The summed E-state index contributed by atoms with van der Waals surface area (Å²) in [6, 6.07) is 16.6. The van der Waals surface area contributed by atoms with Crippen LogP contribution in [0.3, 0.4) is 0 Å². The van der Waals surface area contributed by atoms with Crippen molar-refractivity contribution >= 4 is 35.0 Å². The van der Waals surface area contributed by atoms with Crippen LogP contribution in [-0.2, 0) is 11.3 Å². The first-order valence-electron chi connectivity index (χ1n) is 8.54. The van der Waals surface area contributed by atoms with E-state index in [1.807, 2.05) is 18.2 Å². The van der Waals surface area contributed by atoms with E-state index in [-0.39, 0.29) is 11.7 Å². The minimum Gasteiger partial charge on any atom is -0.459 e. The molecule has 28 heavy (non-hydrogen) atoms. The fraction of sp³-hybridized carbons (Fsp3) is 0.143. The zero-order valence-electron chi connectivity index (χ0n) is 15.1. The fourth-order valence-electron chi connectivity index (χ4n) is 2.75. The summed E-state index contributed by atoms with van der Waals surface area (Å²) < 4.78 is 5.13. The lowest BCUT2D eigenvalue weighted by molar-refractivity contribution is -0.132. The summed E-state index contributed by atoms with van der Waals surface area (Å²) in [7, 11) is 1.67. The van der Waals surface area contributed by atoms with Gasteiger partial charge in [-0.15, -0.1) is 0 Å². The lowest BCUT2D eigenvalue weighted by atomic mass is 10.0. The molecule has 0 unspecified atom stereocenters. The number of carbonyl (C=O) groups excluding carboxylic acids is 2. The summed E-state index contributed by atoms with van der Waals surface area (Å²) in [5, 5.41) is 3.62. The zero-order valence-corrected chi connectivity index (χ0v) is 16.6. The summed E-state index contributed by atoms with van der Waals surface area (Å²) >= 11 is 12.0. The van der Waals surface area contributed by atoms with Gasteiger partial charge in [-0.1, -0.05) is 59.6 Å². The monoisotopic (exact) mass is 416 g/mol. The van der Waals surface area contributed by atoms with E-state index in [2.05, 4.69) is 5.32 Å². The van der Waals surface area contributed by atoms with Crippen LogP contribution in [0.15, 0.2) is 71.3 Å². The van der Waals surface area contributed by atoms with E-state index < -0.39 is 11.9 Å². The molecule has 0 saturated carbocycles. The molecule has 0 radical (unpaired) electrons. The van der Waals surface area contributed by atoms with Crippen LogP contribution in [0, 0.1) is 0 Å². The quantitative estimate of drug-likeness (QED) is 0.632. The molecule has 0 fully saturated rings. The van der Waals surface area contributed by atoms with Gasteiger partial charge in [-0.25, -0.2) is 0 Å². The van der Waals surface area contributed by atoms with Crippen molar-refractivity contribution in [2.45, 2.75) is 12.6 Å². The van der Waals surface area contributed by atoms with E-state index in [0.29, 0.717) is 22.2 Å². The molecule has 0 aliphatic heterocycles. The van der Waals surface area contributed by atoms with Crippen molar-refractivity contribution in [2.24, 2.45) is 0 Å². The Morgan fingerprint density at radius 1 is 1.04 bits per heavy atom. The summed E-state index contributed by atoms with van der Waals surface area (Å²) in [5.74, 6) is -0.590. The molecular weight excluding hydrogens is 399 g/mol. The minimum atomic E-state index is -0.855. The second-order valence-corrected chi connectivity index (χ2v) is 7.05. The van der Waals surface area contributed by atoms with Crippen LogP contribution in [-0.4, -0.2) is 23.8 Å². The number of likely N-dealkylation sites (N-methyl/N-ethyl adjacent to an activating group) is 1. The molecule has 0 saturated heterocycles. The third kappa shape index (κ3) is 4.74. The Bertz CT molecular complexity index is 959. The first kappa shape index (κ1) is 20.0. The molecule has 7 heteroatoms. The van der Waals surface area contributed by atoms with Crippen molar-refractivity contribution in [1.29, 1.82) is 0 Å². The third-order valence-corrected chi connectivity index (χ3v) is 4.92. The van der Waals surface area contributed by atoms with Crippen molar-refractivity contribution in [3.05, 3.63) is 93.9 Å². The molecule has 1 aromatic heterocycles. The number of amides is 2. The van der Waals surface area contributed by atoms with Crippen molar-refractivity contribution < 1.29 is 14.0 Å². The number of hydrogen-bond acceptors (Lipinski definition) is 3. The van der Waals surface area contributed by atoms with Gasteiger partial charge in [0.15, 0.2) is 5.76 Å². The zero-order chi connectivity index (χ0) is 20.1. The normalized spacial score (nSPS) is 11.7. The van der Waals surface area contributed by atoms with E-state index in [9.17, 15) is 9.59 Å². The average molecular weight is 417 g/mol. The van der Waals surface area contributed by atoms with Crippen LogP contribution >= 0.6 is 23.2 Å². The molecule has 0 spiro atoms. The predicted molar refractivity (Wildman–Crippen MR) is 108 cm³/mol. The molecule has 5 nitrogen and oxygen atoms in total. The van der Waals surface area contributed by atoms with E-state index in [0.717, 1.165) is 5.56 Å². The van der Waals surface area contributed by atoms with Crippen molar-refractivity contribution in [3.63, 3.8) is 0 Å². The first-order valence-corrected chi connectivity index (χ1v) is 9.29. The Hall–Kier alpha value is -2.76. The van der Waals surface area contributed by atoms with Crippen molar-refractivity contribution in [2.75, 3.05) is 7.05 Å². The van der Waals surface area contributed by atoms with Gasteiger partial charge >= 0.3 is 0 Å². The number of nitrogens with one attached hydrogen (secondary N) is 1. The highest BCUT2D eigenvalue weighted by molar-refractivity contribution is 6.42. The number of furan rings is 1. The number of benzene rings is 2. The fourth-order valence-corrected chi connectivity index (χ4v) is 3.07. The lowest BCUT2D eigenvalue weighted by Gasteiger charge is -2.25. The standard InChI is InChI=1S/C21H18Cl2N2O3/c1-25(13-14-9-10-16(22)17(23)12-14)21(27)19(15-6-3-2-4-7-15)24-20(26)18-8-5-11-28-18/h2-12,19H,13H2,1H3,(H,24,26)/t19-/m1/s1. The molecule has 144 valence electrons. The van der Waals surface area contributed by atoms with Crippen LogP contribution < -0.4 is 5.32 Å². The SMILES string of the molecule is CN(Cc1ccc(Cl)c(Cl)c1)C(=O)[C@H](NC(=O)c1ccco1)c1ccccc1. The number of nitrogens with zero attached hydrogens (tertiary/aromatic N) is 1. The molecule has 1 N–H and O–H groups in total. The molecule has 1 atom stereocenters. The molecule has 1 heterocycles. The molecule has 2 amide bonds. The van der Waals surface area contributed by atoms with Gasteiger partial charge in [-0.05, 0) is 35.4 Å². The Morgan fingerprint density at radius 3 is 2.43 bits per heavy atom. The Morgan fingerprint density at radius 2 is 1.79 bits per heavy atom. The maximum absolute atomic E-state index is 13.1. The smallest absolute Gasteiger partial charge is 0.287 e. The predicted octanol–water partition coefficient (Wildman–Crippen LogP) is 4.72. The number of rotatable bonds is 6. The highest BCUT2D eigenvalue weighted by Crippen LogP contribution is 2.24. The molecule has 3 rings (SSSR count).